The number of piperidine rings is 1. The SMILES string of the molecule is CCCCNC(=O)N(CC)C1CCN(Cc2ccc(Oc3ccc(NS(C)(=O)=O)cc3)cc2)CC1.Cl. The summed E-state index contributed by atoms with van der Waals surface area (Å²) < 4.78 is 31.0. The van der Waals surface area contributed by atoms with Crippen LogP contribution in [0.4, 0.5) is 10.5 Å². The highest BCUT2D eigenvalue weighted by atomic mass is 35.5. The molecule has 0 aromatic heterocycles. The molecule has 2 aromatic rings. The predicted octanol–water partition coefficient (Wildman–Crippen LogP) is 5.07. The first-order chi connectivity index (χ1) is 16.8. The topological polar surface area (TPSA) is 91.0 Å². The fraction of sp³-hybridized carbons (Fsp3) is 0.500. The molecular formula is C26H39ClN4O4S. The Hall–Kier alpha value is -2.49. The van der Waals surface area contributed by atoms with Crippen molar-refractivity contribution in [3.8, 4) is 11.5 Å². The normalized spacial score (nSPS) is 14.5. The molecule has 10 heteroatoms. The number of nitrogens with zero attached hydrogens (tertiary/aromatic N) is 2. The second-order valence-electron chi connectivity index (χ2n) is 9.02. The number of carbonyl (C=O) groups excluding carboxylic acids is 1. The van der Waals surface area contributed by atoms with Crippen LogP contribution in [0.25, 0.3) is 0 Å². The number of likely N-dealkylation sites (tertiary alicyclic amines) is 1. The van der Waals surface area contributed by atoms with Crippen LogP contribution in [0, 0.1) is 0 Å². The fourth-order valence-corrected chi connectivity index (χ4v) is 4.86. The number of ether oxygens (including phenoxy) is 1. The molecule has 2 amide bonds. The summed E-state index contributed by atoms with van der Waals surface area (Å²) in [6.45, 7) is 8.47. The molecule has 200 valence electrons. The van der Waals surface area contributed by atoms with Crippen molar-refractivity contribution in [2.24, 2.45) is 0 Å². The second-order valence-corrected chi connectivity index (χ2v) is 10.8. The number of nitrogens with one attached hydrogen (secondary N) is 2. The van der Waals surface area contributed by atoms with Gasteiger partial charge in [-0.3, -0.25) is 9.62 Å². The highest BCUT2D eigenvalue weighted by Crippen LogP contribution is 2.25. The van der Waals surface area contributed by atoms with E-state index in [-0.39, 0.29) is 18.4 Å². The molecule has 2 aromatic carbocycles. The summed E-state index contributed by atoms with van der Waals surface area (Å²) in [5, 5.41) is 3.05. The van der Waals surface area contributed by atoms with Crippen LogP contribution >= 0.6 is 12.4 Å². The molecule has 8 nitrogen and oxygen atoms in total. The Morgan fingerprint density at radius 2 is 1.61 bits per heavy atom. The van der Waals surface area contributed by atoms with Gasteiger partial charge in [0, 0.05) is 44.5 Å². The number of rotatable bonds is 11. The van der Waals surface area contributed by atoms with E-state index in [0.29, 0.717) is 17.5 Å². The number of halogens is 1. The average molecular weight is 539 g/mol. The molecule has 0 unspecified atom stereocenters. The van der Waals surface area contributed by atoms with E-state index in [1.807, 2.05) is 17.0 Å². The van der Waals surface area contributed by atoms with Gasteiger partial charge < -0.3 is 15.0 Å². The number of sulfonamides is 1. The molecule has 1 aliphatic heterocycles. The summed E-state index contributed by atoms with van der Waals surface area (Å²) >= 11 is 0. The first kappa shape index (κ1) is 29.7. The minimum Gasteiger partial charge on any atom is -0.457 e. The zero-order valence-corrected chi connectivity index (χ0v) is 23.0. The van der Waals surface area contributed by atoms with Gasteiger partial charge in [-0.25, -0.2) is 13.2 Å². The van der Waals surface area contributed by atoms with Crippen molar-refractivity contribution in [2.75, 3.05) is 37.2 Å². The summed E-state index contributed by atoms with van der Waals surface area (Å²) in [5.41, 5.74) is 1.71. The van der Waals surface area contributed by atoms with E-state index < -0.39 is 10.0 Å². The van der Waals surface area contributed by atoms with Gasteiger partial charge in [-0.05, 0) is 68.1 Å². The van der Waals surface area contributed by atoms with Gasteiger partial charge in [0.2, 0.25) is 10.0 Å². The lowest BCUT2D eigenvalue weighted by atomic mass is 10.0. The fourth-order valence-electron chi connectivity index (χ4n) is 4.29. The Balaban J connectivity index is 0.00000456. The Labute approximate surface area is 221 Å². The van der Waals surface area contributed by atoms with Gasteiger partial charge >= 0.3 is 6.03 Å². The van der Waals surface area contributed by atoms with Gasteiger partial charge in [0.1, 0.15) is 11.5 Å². The van der Waals surface area contributed by atoms with Gasteiger partial charge in [0.15, 0.2) is 0 Å². The van der Waals surface area contributed by atoms with Gasteiger partial charge in [-0.2, -0.15) is 0 Å². The first-order valence-corrected chi connectivity index (χ1v) is 14.3. The third kappa shape index (κ3) is 9.52. The molecule has 3 rings (SSSR count). The number of carbonyl (C=O) groups is 1. The molecule has 1 aliphatic rings. The van der Waals surface area contributed by atoms with Gasteiger partial charge in [-0.1, -0.05) is 25.5 Å². The molecule has 0 aliphatic carbocycles. The summed E-state index contributed by atoms with van der Waals surface area (Å²) in [6, 6.07) is 15.2. The number of unbranched alkanes of at least 4 members (excludes halogenated alkanes) is 1. The van der Waals surface area contributed by atoms with Crippen LogP contribution in [-0.2, 0) is 16.6 Å². The van der Waals surface area contributed by atoms with Gasteiger partial charge in [0.05, 0.1) is 6.26 Å². The summed E-state index contributed by atoms with van der Waals surface area (Å²) in [4.78, 5) is 16.9. The maximum absolute atomic E-state index is 12.5. The molecule has 1 heterocycles. The van der Waals surface area contributed by atoms with Crippen molar-refractivity contribution in [2.45, 2.75) is 52.1 Å². The van der Waals surface area contributed by atoms with E-state index in [4.69, 9.17) is 4.74 Å². The number of hydrogen-bond donors (Lipinski definition) is 2. The molecule has 0 atom stereocenters. The quantitative estimate of drug-likeness (QED) is 0.390. The predicted molar refractivity (Wildman–Crippen MR) is 148 cm³/mol. The van der Waals surface area contributed by atoms with Crippen LogP contribution in [0.1, 0.15) is 45.1 Å². The molecule has 0 spiro atoms. The molecule has 1 fully saturated rings. The van der Waals surface area contributed by atoms with E-state index in [9.17, 15) is 13.2 Å². The molecule has 0 bridgehead atoms. The van der Waals surface area contributed by atoms with Crippen molar-refractivity contribution in [1.82, 2.24) is 15.1 Å². The summed E-state index contributed by atoms with van der Waals surface area (Å²) in [6.07, 6.45) is 5.19. The van der Waals surface area contributed by atoms with Crippen LogP contribution in [0.5, 0.6) is 11.5 Å². The highest BCUT2D eigenvalue weighted by Gasteiger charge is 2.26. The minimum absolute atomic E-state index is 0. The van der Waals surface area contributed by atoms with Crippen molar-refractivity contribution < 1.29 is 17.9 Å². The van der Waals surface area contributed by atoms with Crippen LogP contribution in [-0.4, -0.2) is 62.7 Å². The summed E-state index contributed by atoms with van der Waals surface area (Å²) in [7, 11) is -3.30. The largest absolute Gasteiger partial charge is 0.457 e. The maximum Gasteiger partial charge on any atom is 0.317 e. The monoisotopic (exact) mass is 538 g/mol. The van der Waals surface area contributed by atoms with Gasteiger partial charge in [0.25, 0.3) is 0 Å². The average Bonchev–Trinajstić information content (AvgIpc) is 2.82. The molecule has 36 heavy (non-hydrogen) atoms. The molecule has 2 N–H and O–H groups in total. The standard InChI is InChI=1S/C26H38N4O4S.ClH/c1-4-6-17-27-26(31)30(5-2)23-15-18-29(19-16-23)20-21-7-11-24(12-8-21)34-25-13-9-22(10-14-25)28-35(3,32)33;/h7-14,23,28H,4-6,15-20H2,1-3H3,(H,27,31);1H. The summed E-state index contributed by atoms with van der Waals surface area (Å²) in [5.74, 6) is 1.36. The van der Waals surface area contributed by atoms with E-state index in [2.05, 4.69) is 40.9 Å². The van der Waals surface area contributed by atoms with Crippen molar-refractivity contribution in [1.29, 1.82) is 0 Å². The van der Waals surface area contributed by atoms with E-state index in [1.54, 1.807) is 24.3 Å². The van der Waals surface area contributed by atoms with Gasteiger partial charge in [-0.15, -0.1) is 12.4 Å². The van der Waals surface area contributed by atoms with E-state index in [0.717, 1.165) is 70.4 Å². The first-order valence-electron chi connectivity index (χ1n) is 12.4. The highest BCUT2D eigenvalue weighted by molar-refractivity contribution is 7.92. The number of amides is 2. The minimum atomic E-state index is -3.30. The lowest BCUT2D eigenvalue weighted by Crippen LogP contribution is -2.50. The number of anilines is 1. The van der Waals surface area contributed by atoms with E-state index >= 15 is 0 Å². The number of hydrogen-bond acceptors (Lipinski definition) is 5. The van der Waals surface area contributed by atoms with Crippen molar-refractivity contribution in [3.05, 3.63) is 54.1 Å². The molecule has 0 radical (unpaired) electrons. The zero-order chi connectivity index (χ0) is 25.3. The molecule has 0 saturated carbocycles. The van der Waals surface area contributed by atoms with Crippen LogP contribution < -0.4 is 14.8 Å². The Bertz CT molecular complexity index is 1040. The lowest BCUT2D eigenvalue weighted by Gasteiger charge is -2.38. The van der Waals surface area contributed by atoms with Crippen molar-refractivity contribution in [3.63, 3.8) is 0 Å². The Kier molecular flexibility index (Phi) is 11.8. The molecule has 1 saturated heterocycles. The number of benzene rings is 2. The smallest absolute Gasteiger partial charge is 0.317 e. The lowest BCUT2D eigenvalue weighted by molar-refractivity contribution is 0.120. The third-order valence-corrected chi connectivity index (χ3v) is 6.74. The van der Waals surface area contributed by atoms with Crippen LogP contribution in [0.3, 0.4) is 0 Å². The zero-order valence-electron chi connectivity index (χ0n) is 21.4. The molecular weight excluding hydrogens is 500 g/mol. The second kappa shape index (κ2) is 14.3. The third-order valence-electron chi connectivity index (χ3n) is 6.13. The number of urea groups is 1. The van der Waals surface area contributed by atoms with Crippen molar-refractivity contribution >= 4 is 34.1 Å². The maximum atomic E-state index is 12.5. The Morgan fingerprint density at radius 1 is 1.03 bits per heavy atom. The van der Waals surface area contributed by atoms with Crippen LogP contribution in [0.15, 0.2) is 48.5 Å². The van der Waals surface area contributed by atoms with E-state index in [1.165, 1.54) is 5.56 Å². The van der Waals surface area contributed by atoms with Crippen LogP contribution in [0.2, 0.25) is 0 Å². The Morgan fingerprint density at radius 3 is 2.14 bits per heavy atom.